The molecule has 3 N–H and O–H groups in total. The van der Waals surface area contributed by atoms with Crippen LogP contribution in [0, 0.1) is 0 Å². The molecule has 0 aromatic rings. The maximum atomic E-state index is 11.5. The van der Waals surface area contributed by atoms with E-state index in [1.807, 2.05) is 6.92 Å². The van der Waals surface area contributed by atoms with E-state index < -0.39 is 6.10 Å². The number of ether oxygens (including phenoxy) is 1. The minimum Gasteiger partial charge on any atom is -0.465 e. The highest BCUT2D eigenvalue weighted by molar-refractivity contribution is 7.99. The monoisotopic (exact) mass is 251 g/mol. The quantitative estimate of drug-likeness (QED) is 0.485. The second-order valence-corrected chi connectivity index (χ2v) is 4.31. The minimum atomic E-state index is -0.727. The number of rotatable bonds is 9. The number of carbonyl (C=O) groups is 1. The lowest BCUT2D eigenvalue weighted by atomic mass is 10.3. The molecule has 96 valence electrons. The fourth-order valence-corrected chi connectivity index (χ4v) is 2.08. The van der Waals surface area contributed by atoms with Crippen LogP contribution in [0.4, 0.5) is 0 Å². The lowest BCUT2D eigenvalue weighted by molar-refractivity contribution is -0.144. The van der Waals surface area contributed by atoms with Crippen molar-refractivity contribution in [3.8, 4) is 0 Å². The van der Waals surface area contributed by atoms with Crippen LogP contribution in [-0.4, -0.2) is 59.6 Å². The fourth-order valence-electron chi connectivity index (χ4n) is 1.07. The summed E-state index contributed by atoms with van der Waals surface area (Å²) < 4.78 is 4.91. The maximum absolute atomic E-state index is 11.5. The Balaban J connectivity index is 3.88. The largest absolute Gasteiger partial charge is 0.465 e. The summed E-state index contributed by atoms with van der Waals surface area (Å²) in [6, 6.07) is -0.346. The molecule has 0 amide bonds. The first-order valence-electron chi connectivity index (χ1n) is 5.42. The van der Waals surface area contributed by atoms with E-state index in [4.69, 9.17) is 14.9 Å². The Morgan fingerprint density at radius 3 is 2.62 bits per heavy atom. The molecule has 0 aliphatic carbocycles. The molecule has 2 atom stereocenters. The molecule has 0 fully saturated rings. The van der Waals surface area contributed by atoms with Crippen LogP contribution >= 0.6 is 11.8 Å². The molecular formula is C10H21NO4S. The van der Waals surface area contributed by atoms with Crippen LogP contribution in [-0.2, 0) is 9.53 Å². The number of aliphatic hydroxyl groups excluding tert-OH is 2. The van der Waals surface area contributed by atoms with Crippen molar-refractivity contribution in [1.82, 2.24) is 5.32 Å². The highest BCUT2D eigenvalue weighted by atomic mass is 32.2. The molecule has 0 spiro atoms. The number of thioether (sulfide) groups is 1. The number of aliphatic hydroxyl groups is 2. The molecule has 0 saturated carbocycles. The van der Waals surface area contributed by atoms with E-state index in [2.05, 4.69) is 5.32 Å². The van der Waals surface area contributed by atoms with Gasteiger partial charge in [-0.25, -0.2) is 0 Å². The van der Waals surface area contributed by atoms with Crippen LogP contribution in [0.15, 0.2) is 0 Å². The molecule has 0 radical (unpaired) electrons. The van der Waals surface area contributed by atoms with E-state index in [0.29, 0.717) is 24.7 Å². The van der Waals surface area contributed by atoms with Crippen molar-refractivity contribution < 1.29 is 19.7 Å². The smallest absolute Gasteiger partial charge is 0.323 e. The van der Waals surface area contributed by atoms with Crippen LogP contribution < -0.4 is 5.32 Å². The summed E-state index contributed by atoms with van der Waals surface area (Å²) in [5, 5.41) is 20.8. The van der Waals surface area contributed by atoms with Crippen molar-refractivity contribution in [1.29, 1.82) is 0 Å². The van der Waals surface area contributed by atoms with Gasteiger partial charge in [0.1, 0.15) is 6.04 Å². The van der Waals surface area contributed by atoms with Crippen LogP contribution in [0.5, 0.6) is 0 Å². The van der Waals surface area contributed by atoms with Crippen molar-refractivity contribution in [3.05, 3.63) is 0 Å². The normalized spacial score (nSPS) is 14.5. The first kappa shape index (κ1) is 15.7. The van der Waals surface area contributed by atoms with Gasteiger partial charge in [0.2, 0.25) is 0 Å². The Labute approximate surface area is 101 Å². The Morgan fingerprint density at radius 2 is 2.12 bits per heavy atom. The van der Waals surface area contributed by atoms with E-state index in [0.717, 1.165) is 0 Å². The van der Waals surface area contributed by atoms with Gasteiger partial charge in [-0.1, -0.05) is 6.92 Å². The molecular weight excluding hydrogens is 230 g/mol. The molecule has 0 aliphatic rings. The van der Waals surface area contributed by atoms with Gasteiger partial charge in [0, 0.05) is 11.5 Å². The number of nitrogens with one attached hydrogen (secondary N) is 1. The maximum Gasteiger partial charge on any atom is 0.323 e. The van der Waals surface area contributed by atoms with Gasteiger partial charge >= 0.3 is 5.97 Å². The summed E-state index contributed by atoms with van der Waals surface area (Å²) in [6.45, 7) is 4.48. The Morgan fingerprint density at radius 1 is 1.44 bits per heavy atom. The van der Waals surface area contributed by atoms with E-state index in [1.165, 1.54) is 11.8 Å². The van der Waals surface area contributed by atoms with E-state index in [9.17, 15) is 4.79 Å². The van der Waals surface area contributed by atoms with E-state index in [1.54, 1.807) is 6.92 Å². The Bertz CT molecular complexity index is 192. The summed E-state index contributed by atoms with van der Waals surface area (Å²) in [5.41, 5.74) is 0. The molecule has 0 saturated heterocycles. The minimum absolute atomic E-state index is 0.252. The van der Waals surface area contributed by atoms with Gasteiger partial charge in [0.15, 0.2) is 0 Å². The summed E-state index contributed by atoms with van der Waals surface area (Å²) in [4.78, 5) is 11.5. The first-order valence-corrected chi connectivity index (χ1v) is 6.57. The zero-order chi connectivity index (χ0) is 12.4. The van der Waals surface area contributed by atoms with Crippen LogP contribution in [0.25, 0.3) is 0 Å². The third kappa shape index (κ3) is 7.05. The topological polar surface area (TPSA) is 78.8 Å². The van der Waals surface area contributed by atoms with E-state index in [-0.39, 0.29) is 18.6 Å². The van der Waals surface area contributed by atoms with Crippen molar-refractivity contribution in [2.24, 2.45) is 0 Å². The van der Waals surface area contributed by atoms with Gasteiger partial charge < -0.3 is 20.3 Å². The van der Waals surface area contributed by atoms with Crippen molar-refractivity contribution in [2.45, 2.75) is 26.0 Å². The fraction of sp³-hybridized carbons (Fsp3) is 0.900. The summed E-state index contributed by atoms with van der Waals surface area (Å²) in [6.07, 6.45) is -0.727. The number of esters is 1. The number of hydrogen-bond donors (Lipinski definition) is 3. The second kappa shape index (κ2) is 9.89. The molecule has 0 bridgehead atoms. The number of carbonyl (C=O) groups excluding carboxylic acids is 1. The molecule has 0 heterocycles. The highest BCUT2D eigenvalue weighted by Crippen LogP contribution is 2.06. The summed E-state index contributed by atoms with van der Waals surface area (Å²) in [5.74, 6) is 0.678. The predicted octanol–water partition coefficient (Wildman–Crippen LogP) is -0.386. The molecule has 0 aromatic carbocycles. The Kier molecular flexibility index (Phi) is 9.71. The highest BCUT2D eigenvalue weighted by Gasteiger charge is 2.18. The predicted molar refractivity (Wildman–Crippen MR) is 64.5 cm³/mol. The molecule has 16 heavy (non-hydrogen) atoms. The average molecular weight is 251 g/mol. The van der Waals surface area contributed by atoms with E-state index >= 15 is 0 Å². The third-order valence-corrected chi connectivity index (χ3v) is 3.02. The lowest BCUT2D eigenvalue weighted by Gasteiger charge is -2.16. The molecule has 6 heteroatoms. The van der Waals surface area contributed by atoms with Crippen LogP contribution in [0.1, 0.15) is 13.8 Å². The van der Waals surface area contributed by atoms with Gasteiger partial charge in [-0.2, -0.15) is 11.8 Å². The standard InChI is InChI=1S/C10H21NO4S/c1-3-11-9(10(14)15-4-2)7-16-6-8(13)5-12/h8-9,11-13H,3-7H2,1-2H3. The van der Waals surface area contributed by atoms with Gasteiger partial charge in [-0.15, -0.1) is 0 Å². The molecule has 5 nitrogen and oxygen atoms in total. The van der Waals surface area contributed by atoms with Gasteiger partial charge in [0.25, 0.3) is 0 Å². The molecule has 2 unspecified atom stereocenters. The van der Waals surface area contributed by atoms with Crippen molar-refractivity contribution in [2.75, 3.05) is 31.3 Å². The zero-order valence-corrected chi connectivity index (χ0v) is 10.6. The van der Waals surface area contributed by atoms with Crippen molar-refractivity contribution in [3.63, 3.8) is 0 Å². The Hall–Kier alpha value is -0.300. The van der Waals surface area contributed by atoms with Crippen molar-refractivity contribution >= 4 is 17.7 Å². The number of likely N-dealkylation sites (N-methyl/N-ethyl adjacent to an activating group) is 1. The second-order valence-electron chi connectivity index (χ2n) is 3.24. The van der Waals surface area contributed by atoms with Crippen LogP contribution in [0.3, 0.4) is 0 Å². The molecule has 0 aromatic heterocycles. The first-order chi connectivity index (χ1) is 7.65. The average Bonchev–Trinajstić information content (AvgIpc) is 2.28. The third-order valence-electron chi connectivity index (χ3n) is 1.83. The lowest BCUT2D eigenvalue weighted by Crippen LogP contribution is -2.40. The van der Waals surface area contributed by atoms with Crippen LogP contribution in [0.2, 0.25) is 0 Å². The van der Waals surface area contributed by atoms with Gasteiger partial charge in [-0.3, -0.25) is 4.79 Å². The SMILES string of the molecule is CCNC(CSCC(O)CO)C(=O)OCC. The van der Waals surface area contributed by atoms with Gasteiger partial charge in [-0.05, 0) is 13.5 Å². The molecule has 0 rings (SSSR count). The molecule has 0 aliphatic heterocycles. The summed E-state index contributed by atoms with van der Waals surface area (Å²) in [7, 11) is 0. The number of hydrogen-bond acceptors (Lipinski definition) is 6. The van der Waals surface area contributed by atoms with Gasteiger partial charge in [0.05, 0.1) is 19.3 Å². The zero-order valence-electron chi connectivity index (χ0n) is 9.81. The summed E-state index contributed by atoms with van der Waals surface area (Å²) >= 11 is 1.41.